The molecule has 0 radical (unpaired) electrons. The maximum absolute atomic E-state index is 9.64. The fourth-order valence-corrected chi connectivity index (χ4v) is 1.40. The van der Waals surface area contributed by atoms with Gasteiger partial charge in [-0.15, -0.1) is 0 Å². The Balaban J connectivity index is 2.31. The van der Waals surface area contributed by atoms with E-state index < -0.39 is 6.29 Å². The molecule has 0 saturated carbocycles. The molecule has 1 unspecified atom stereocenters. The van der Waals surface area contributed by atoms with Gasteiger partial charge in [0.25, 0.3) is 0 Å². The fourth-order valence-electron chi connectivity index (χ4n) is 1.40. The molecule has 1 atom stereocenters. The van der Waals surface area contributed by atoms with Gasteiger partial charge in [0.2, 0.25) is 0 Å². The lowest BCUT2D eigenvalue weighted by atomic mass is 10.2. The Morgan fingerprint density at radius 2 is 2.12 bits per heavy atom. The van der Waals surface area contributed by atoms with Crippen molar-refractivity contribution < 1.29 is 9.84 Å². The largest absolute Gasteiger partial charge is 0.465 e. The quantitative estimate of drug-likeness (QED) is 0.725. The van der Waals surface area contributed by atoms with E-state index in [1.54, 1.807) is 0 Å². The molecule has 0 saturated heterocycles. The van der Waals surface area contributed by atoms with E-state index in [4.69, 9.17) is 4.74 Å². The van der Waals surface area contributed by atoms with Gasteiger partial charge in [0.1, 0.15) is 5.75 Å². The Bertz CT molecular complexity index is 313. The smallest absolute Gasteiger partial charge is 0.198 e. The first-order valence-electron chi connectivity index (χ1n) is 5.72. The predicted octanol–water partition coefficient (Wildman–Crippen LogP) is 2.08. The van der Waals surface area contributed by atoms with Crippen molar-refractivity contribution in [3.63, 3.8) is 0 Å². The highest BCUT2D eigenvalue weighted by Gasteiger charge is 2.05. The van der Waals surface area contributed by atoms with Crippen LogP contribution in [0.15, 0.2) is 24.3 Å². The summed E-state index contributed by atoms with van der Waals surface area (Å²) in [5.74, 6) is 0.719. The number of ether oxygens (including phenoxy) is 1. The lowest BCUT2D eigenvalue weighted by molar-refractivity contribution is -0.0226. The lowest BCUT2D eigenvalue weighted by Crippen LogP contribution is -2.28. The Morgan fingerprint density at radius 3 is 2.75 bits per heavy atom. The van der Waals surface area contributed by atoms with Crippen LogP contribution in [0.2, 0.25) is 0 Å². The second-order valence-corrected chi connectivity index (χ2v) is 4.29. The second-order valence-electron chi connectivity index (χ2n) is 4.29. The zero-order chi connectivity index (χ0) is 12.0. The molecule has 0 aromatic heterocycles. The maximum atomic E-state index is 9.64. The third-order valence-electron chi connectivity index (χ3n) is 2.21. The van der Waals surface area contributed by atoms with Crippen LogP contribution < -0.4 is 10.1 Å². The Morgan fingerprint density at radius 1 is 1.38 bits per heavy atom. The van der Waals surface area contributed by atoms with E-state index in [-0.39, 0.29) is 0 Å². The summed E-state index contributed by atoms with van der Waals surface area (Å²) in [6.45, 7) is 6.91. The molecular formula is C13H21NO2. The number of aliphatic hydroxyl groups is 1. The molecule has 90 valence electrons. The summed E-state index contributed by atoms with van der Waals surface area (Å²) in [4.78, 5) is 0. The maximum Gasteiger partial charge on any atom is 0.198 e. The molecule has 0 spiro atoms. The van der Waals surface area contributed by atoms with Crippen molar-refractivity contribution in [1.82, 2.24) is 5.32 Å². The van der Waals surface area contributed by atoms with Crippen molar-refractivity contribution in [2.45, 2.75) is 39.5 Å². The highest BCUT2D eigenvalue weighted by atomic mass is 16.6. The molecule has 0 amide bonds. The van der Waals surface area contributed by atoms with Gasteiger partial charge in [0.15, 0.2) is 6.29 Å². The van der Waals surface area contributed by atoms with E-state index in [2.05, 4.69) is 19.2 Å². The minimum Gasteiger partial charge on any atom is -0.465 e. The van der Waals surface area contributed by atoms with Gasteiger partial charge < -0.3 is 15.2 Å². The topological polar surface area (TPSA) is 41.5 Å². The van der Waals surface area contributed by atoms with E-state index in [1.807, 2.05) is 31.2 Å². The highest BCUT2D eigenvalue weighted by molar-refractivity contribution is 5.27. The number of aryl methyl sites for hydroxylation is 1. The first kappa shape index (κ1) is 13.0. The lowest BCUT2D eigenvalue weighted by Gasteiger charge is -2.15. The van der Waals surface area contributed by atoms with Crippen molar-refractivity contribution in [3.05, 3.63) is 29.8 Å². The monoisotopic (exact) mass is 223 g/mol. The van der Waals surface area contributed by atoms with Crippen LogP contribution in [0.4, 0.5) is 0 Å². The molecule has 3 nitrogen and oxygen atoms in total. The summed E-state index contributed by atoms with van der Waals surface area (Å²) < 4.78 is 5.39. The Kier molecular flexibility index (Phi) is 5.29. The number of aliphatic hydroxyl groups excluding tert-OH is 1. The Labute approximate surface area is 97.4 Å². The summed E-state index contributed by atoms with van der Waals surface area (Å²) in [5, 5.41) is 12.9. The number of hydrogen-bond donors (Lipinski definition) is 2. The van der Waals surface area contributed by atoms with Gasteiger partial charge in [0, 0.05) is 19.0 Å². The molecular weight excluding hydrogens is 202 g/mol. The SMILES string of the molecule is Cc1cccc(OC(O)CCNC(C)C)c1. The van der Waals surface area contributed by atoms with Gasteiger partial charge in [-0.05, 0) is 24.6 Å². The molecule has 0 bridgehead atoms. The van der Waals surface area contributed by atoms with Crippen molar-refractivity contribution in [2.75, 3.05) is 6.54 Å². The minimum atomic E-state index is -0.743. The van der Waals surface area contributed by atoms with Crippen molar-refractivity contribution in [1.29, 1.82) is 0 Å². The van der Waals surface area contributed by atoms with E-state index in [0.29, 0.717) is 12.5 Å². The number of rotatable bonds is 6. The zero-order valence-corrected chi connectivity index (χ0v) is 10.2. The van der Waals surface area contributed by atoms with E-state index in [1.165, 1.54) is 0 Å². The van der Waals surface area contributed by atoms with Crippen LogP contribution in [0, 0.1) is 6.92 Å². The molecule has 0 aliphatic heterocycles. The summed E-state index contributed by atoms with van der Waals surface area (Å²) >= 11 is 0. The molecule has 1 rings (SSSR count). The molecule has 0 heterocycles. The van der Waals surface area contributed by atoms with E-state index in [0.717, 1.165) is 17.9 Å². The predicted molar refractivity (Wildman–Crippen MR) is 65.6 cm³/mol. The third kappa shape index (κ3) is 5.14. The number of hydrogen-bond acceptors (Lipinski definition) is 3. The summed E-state index contributed by atoms with van der Waals surface area (Å²) in [6, 6.07) is 8.13. The summed E-state index contributed by atoms with van der Waals surface area (Å²) in [5.41, 5.74) is 1.13. The normalized spacial score (nSPS) is 12.8. The molecule has 0 aliphatic rings. The summed E-state index contributed by atoms with van der Waals surface area (Å²) in [7, 11) is 0. The molecule has 3 heteroatoms. The van der Waals surface area contributed by atoms with Gasteiger partial charge in [-0.2, -0.15) is 0 Å². The second kappa shape index (κ2) is 6.51. The minimum absolute atomic E-state index is 0.436. The zero-order valence-electron chi connectivity index (χ0n) is 10.2. The van der Waals surface area contributed by atoms with Crippen LogP contribution in [-0.4, -0.2) is 24.0 Å². The first-order chi connectivity index (χ1) is 7.58. The third-order valence-corrected chi connectivity index (χ3v) is 2.21. The van der Waals surface area contributed by atoms with Crippen molar-refractivity contribution in [3.8, 4) is 5.75 Å². The van der Waals surface area contributed by atoms with Crippen molar-refractivity contribution in [2.24, 2.45) is 0 Å². The number of benzene rings is 1. The molecule has 16 heavy (non-hydrogen) atoms. The van der Waals surface area contributed by atoms with Crippen LogP contribution >= 0.6 is 0 Å². The molecule has 1 aromatic carbocycles. The average molecular weight is 223 g/mol. The molecule has 0 aliphatic carbocycles. The standard InChI is InChI=1S/C13H21NO2/c1-10(2)14-8-7-13(15)16-12-6-4-5-11(3)9-12/h4-6,9-10,13-15H,7-8H2,1-3H3. The van der Waals surface area contributed by atoms with Crippen LogP contribution in [0.3, 0.4) is 0 Å². The van der Waals surface area contributed by atoms with Gasteiger partial charge in [0.05, 0.1) is 0 Å². The van der Waals surface area contributed by atoms with E-state index in [9.17, 15) is 5.11 Å². The van der Waals surface area contributed by atoms with E-state index >= 15 is 0 Å². The number of nitrogens with one attached hydrogen (secondary N) is 1. The van der Waals surface area contributed by atoms with Gasteiger partial charge in [-0.3, -0.25) is 0 Å². The van der Waals surface area contributed by atoms with Gasteiger partial charge in [-0.25, -0.2) is 0 Å². The highest BCUT2D eigenvalue weighted by Crippen LogP contribution is 2.14. The van der Waals surface area contributed by atoms with Crippen LogP contribution in [0.1, 0.15) is 25.8 Å². The molecule has 2 N–H and O–H groups in total. The van der Waals surface area contributed by atoms with Crippen LogP contribution in [0.25, 0.3) is 0 Å². The van der Waals surface area contributed by atoms with Crippen LogP contribution in [0.5, 0.6) is 5.75 Å². The Hall–Kier alpha value is -1.06. The van der Waals surface area contributed by atoms with Crippen LogP contribution in [-0.2, 0) is 0 Å². The molecule has 1 aromatic rings. The van der Waals surface area contributed by atoms with Gasteiger partial charge in [-0.1, -0.05) is 26.0 Å². The first-order valence-corrected chi connectivity index (χ1v) is 5.72. The van der Waals surface area contributed by atoms with Crippen molar-refractivity contribution >= 4 is 0 Å². The average Bonchev–Trinajstić information content (AvgIpc) is 2.16. The summed E-state index contributed by atoms with van der Waals surface area (Å²) in [6.07, 6.45) is -0.153. The van der Waals surface area contributed by atoms with Gasteiger partial charge >= 0.3 is 0 Å². The molecule has 0 fully saturated rings. The fraction of sp³-hybridized carbons (Fsp3) is 0.538.